The van der Waals surface area contributed by atoms with Gasteiger partial charge in [-0.15, -0.1) is 0 Å². The van der Waals surface area contributed by atoms with Crippen LogP contribution in [-0.4, -0.2) is 62.1 Å². The van der Waals surface area contributed by atoms with E-state index in [0.29, 0.717) is 31.8 Å². The van der Waals surface area contributed by atoms with Crippen LogP contribution in [0.3, 0.4) is 0 Å². The first-order valence-electron chi connectivity index (χ1n) is 9.06. The maximum atomic E-state index is 12.1. The third kappa shape index (κ3) is 9.09. The molecule has 1 amide bonds. The van der Waals surface area contributed by atoms with Crippen LogP contribution in [0.25, 0.3) is 0 Å². The summed E-state index contributed by atoms with van der Waals surface area (Å²) in [6.45, 7) is 14.4. The predicted octanol–water partition coefficient (Wildman–Crippen LogP) is 2.44. The van der Waals surface area contributed by atoms with Crippen LogP contribution < -0.4 is 10.9 Å². The first kappa shape index (κ1) is 21.7. The first-order chi connectivity index (χ1) is 11.7. The largest absolute Gasteiger partial charge is 0.502 e. The number of methoxy groups -OCH3 is 1. The summed E-state index contributed by atoms with van der Waals surface area (Å²) in [6, 6.07) is 0. The van der Waals surface area contributed by atoms with Crippen molar-refractivity contribution < 1.29 is 19.0 Å². The molecule has 0 unspecified atom stereocenters. The summed E-state index contributed by atoms with van der Waals surface area (Å²) in [5.41, 5.74) is 5.77. The average molecular weight is 357 g/mol. The molecular weight excluding hydrogens is 322 g/mol. The van der Waals surface area contributed by atoms with E-state index < -0.39 is 5.60 Å². The minimum Gasteiger partial charge on any atom is -0.502 e. The Balaban J connectivity index is 2.44. The number of hydrazine groups is 1. The molecule has 146 valence electrons. The van der Waals surface area contributed by atoms with Gasteiger partial charge in [-0.2, -0.15) is 0 Å². The van der Waals surface area contributed by atoms with E-state index in [4.69, 9.17) is 14.2 Å². The van der Waals surface area contributed by atoms with E-state index in [0.717, 1.165) is 19.4 Å². The van der Waals surface area contributed by atoms with Gasteiger partial charge in [-0.05, 0) is 33.6 Å². The molecule has 1 aliphatic heterocycles. The number of amides is 1. The molecule has 0 aromatic rings. The second-order valence-corrected chi connectivity index (χ2v) is 7.28. The van der Waals surface area contributed by atoms with Crippen molar-refractivity contribution in [2.45, 2.75) is 64.8 Å². The highest BCUT2D eigenvalue weighted by Gasteiger charge is 2.28. The molecule has 0 aliphatic carbocycles. The van der Waals surface area contributed by atoms with Gasteiger partial charge < -0.3 is 19.1 Å². The van der Waals surface area contributed by atoms with E-state index >= 15 is 0 Å². The summed E-state index contributed by atoms with van der Waals surface area (Å²) in [6.07, 6.45) is 2.10. The Bertz CT molecular complexity index is 415. The molecular formula is C18H35N3O4. The van der Waals surface area contributed by atoms with Crippen molar-refractivity contribution >= 4 is 6.09 Å². The number of hydrogen-bond donors (Lipinski definition) is 2. The molecule has 1 rings (SSSR count). The lowest BCUT2D eigenvalue weighted by Crippen LogP contribution is -2.45. The molecule has 0 aromatic heterocycles. The zero-order valence-electron chi connectivity index (χ0n) is 16.4. The fourth-order valence-electron chi connectivity index (χ4n) is 2.59. The van der Waals surface area contributed by atoms with Crippen LogP contribution in [0.15, 0.2) is 12.3 Å². The molecule has 7 heteroatoms. The Morgan fingerprint density at radius 3 is 2.44 bits per heavy atom. The number of rotatable bonds is 9. The number of likely N-dealkylation sites (tertiary alicyclic amines) is 1. The first-order valence-corrected chi connectivity index (χ1v) is 9.06. The van der Waals surface area contributed by atoms with Crippen molar-refractivity contribution in [2.24, 2.45) is 0 Å². The van der Waals surface area contributed by atoms with Gasteiger partial charge in [-0.3, -0.25) is 10.9 Å². The van der Waals surface area contributed by atoms with Gasteiger partial charge in [0.05, 0.1) is 25.1 Å². The normalized spacial score (nSPS) is 17.2. The van der Waals surface area contributed by atoms with Gasteiger partial charge in [0.1, 0.15) is 5.60 Å². The monoisotopic (exact) mass is 357 g/mol. The third-order valence-electron chi connectivity index (χ3n) is 3.85. The van der Waals surface area contributed by atoms with Gasteiger partial charge in [0, 0.05) is 32.6 Å². The van der Waals surface area contributed by atoms with E-state index in [1.54, 1.807) is 12.0 Å². The molecule has 1 aliphatic rings. The maximum absolute atomic E-state index is 12.1. The summed E-state index contributed by atoms with van der Waals surface area (Å²) in [4.78, 5) is 13.9. The molecule has 0 spiro atoms. The number of nitrogens with zero attached hydrogens (tertiary/aromatic N) is 1. The summed E-state index contributed by atoms with van der Waals surface area (Å²) in [7, 11) is 1.62. The van der Waals surface area contributed by atoms with Crippen molar-refractivity contribution in [1.29, 1.82) is 0 Å². The van der Waals surface area contributed by atoms with Crippen molar-refractivity contribution in [2.75, 3.05) is 33.3 Å². The topological polar surface area (TPSA) is 72.1 Å². The Labute approximate surface area is 152 Å². The van der Waals surface area contributed by atoms with E-state index in [9.17, 15) is 4.79 Å². The number of carbonyl (C=O) groups is 1. The SMILES string of the molecule is C=C(C[C@H](CNNCC)OC1CCN(C(=O)OC(C)(C)C)CC1)OC. The number of nitrogens with one attached hydrogen (secondary N) is 2. The number of hydrogen-bond acceptors (Lipinski definition) is 6. The second-order valence-electron chi connectivity index (χ2n) is 7.28. The minimum absolute atomic E-state index is 0.0235. The van der Waals surface area contributed by atoms with Crippen LogP contribution in [0.4, 0.5) is 4.79 Å². The van der Waals surface area contributed by atoms with E-state index in [2.05, 4.69) is 17.4 Å². The summed E-state index contributed by atoms with van der Waals surface area (Å²) < 4.78 is 16.8. The van der Waals surface area contributed by atoms with Crippen molar-refractivity contribution in [3.05, 3.63) is 12.3 Å². The molecule has 2 N–H and O–H groups in total. The molecule has 1 heterocycles. The van der Waals surface area contributed by atoms with E-state index in [1.165, 1.54) is 0 Å². The van der Waals surface area contributed by atoms with Gasteiger partial charge in [0.15, 0.2) is 0 Å². The van der Waals surface area contributed by atoms with Gasteiger partial charge >= 0.3 is 6.09 Å². The highest BCUT2D eigenvalue weighted by Crippen LogP contribution is 2.20. The highest BCUT2D eigenvalue weighted by molar-refractivity contribution is 5.68. The van der Waals surface area contributed by atoms with Crippen LogP contribution in [0.1, 0.15) is 47.0 Å². The molecule has 25 heavy (non-hydrogen) atoms. The van der Waals surface area contributed by atoms with E-state index in [-0.39, 0.29) is 18.3 Å². The van der Waals surface area contributed by atoms with Crippen LogP contribution >= 0.6 is 0 Å². The minimum atomic E-state index is -0.464. The van der Waals surface area contributed by atoms with Gasteiger partial charge in [0.2, 0.25) is 0 Å². The van der Waals surface area contributed by atoms with Gasteiger partial charge in [-0.1, -0.05) is 13.5 Å². The van der Waals surface area contributed by atoms with Crippen molar-refractivity contribution in [1.82, 2.24) is 15.8 Å². The zero-order valence-corrected chi connectivity index (χ0v) is 16.4. The summed E-state index contributed by atoms with van der Waals surface area (Å²) in [5, 5.41) is 0. The lowest BCUT2D eigenvalue weighted by molar-refractivity contribution is -0.0491. The number of carbonyl (C=O) groups excluding carboxylic acids is 1. The molecule has 0 aromatic carbocycles. The average Bonchev–Trinajstić information content (AvgIpc) is 2.53. The molecule has 0 radical (unpaired) electrons. The predicted molar refractivity (Wildman–Crippen MR) is 98.1 cm³/mol. The molecule has 1 saturated heterocycles. The van der Waals surface area contributed by atoms with Crippen LogP contribution in [-0.2, 0) is 14.2 Å². The summed E-state index contributed by atoms with van der Waals surface area (Å²) in [5.74, 6) is 0.703. The van der Waals surface area contributed by atoms with Crippen LogP contribution in [0.2, 0.25) is 0 Å². The Kier molecular flexibility index (Phi) is 9.24. The lowest BCUT2D eigenvalue weighted by atomic mass is 10.1. The van der Waals surface area contributed by atoms with Crippen molar-refractivity contribution in [3.63, 3.8) is 0 Å². The number of ether oxygens (including phenoxy) is 3. The van der Waals surface area contributed by atoms with Gasteiger partial charge in [-0.25, -0.2) is 4.79 Å². The quantitative estimate of drug-likeness (QED) is 0.375. The maximum Gasteiger partial charge on any atom is 0.410 e. The zero-order chi connectivity index (χ0) is 18.9. The highest BCUT2D eigenvalue weighted by atomic mass is 16.6. The fraction of sp³-hybridized carbons (Fsp3) is 0.833. The molecule has 1 fully saturated rings. The Morgan fingerprint density at radius 1 is 1.28 bits per heavy atom. The third-order valence-corrected chi connectivity index (χ3v) is 3.85. The Hall–Kier alpha value is -1.31. The summed E-state index contributed by atoms with van der Waals surface area (Å²) >= 11 is 0. The van der Waals surface area contributed by atoms with Crippen LogP contribution in [0, 0.1) is 0 Å². The fourth-order valence-corrected chi connectivity index (χ4v) is 2.59. The smallest absolute Gasteiger partial charge is 0.410 e. The van der Waals surface area contributed by atoms with Crippen molar-refractivity contribution in [3.8, 4) is 0 Å². The second kappa shape index (κ2) is 10.6. The van der Waals surface area contributed by atoms with Gasteiger partial charge in [0.25, 0.3) is 0 Å². The molecule has 0 bridgehead atoms. The number of piperidine rings is 1. The lowest BCUT2D eigenvalue weighted by Gasteiger charge is -2.35. The molecule has 1 atom stereocenters. The molecule has 7 nitrogen and oxygen atoms in total. The van der Waals surface area contributed by atoms with Crippen LogP contribution in [0.5, 0.6) is 0 Å². The molecule has 0 saturated carbocycles. The standard InChI is InChI=1S/C18H35N3O4/c1-7-19-20-13-16(12-14(2)23-6)24-15-8-10-21(11-9-15)17(22)25-18(3,4)5/h15-16,19-20H,2,7-13H2,1,3-6H3/t16-/m1/s1. The Morgan fingerprint density at radius 2 is 1.92 bits per heavy atom. The van der Waals surface area contributed by atoms with E-state index in [1.807, 2.05) is 27.7 Å².